The van der Waals surface area contributed by atoms with E-state index >= 15 is 0 Å². The molecule has 1 saturated heterocycles. The standard InChI is InChI=1S/C24H35N7O3/c1-22(2,3)33-21(32)27-16-23-5-8-24(9-6-23,10-7-23)19-29-18(34-30-19)17-4-11-26-20(28-17)31-14-12-25-13-15-31/h4,11,25H,5-10,12-16H2,1-3H3,(H,27,32). The van der Waals surface area contributed by atoms with Crippen molar-refractivity contribution in [3.05, 3.63) is 18.1 Å². The molecule has 3 aliphatic carbocycles. The molecule has 2 aromatic rings. The summed E-state index contributed by atoms with van der Waals surface area (Å²) in [5.41, 5.74) is 0.267. The molecule has 0 unspecified atom stereocenters. The van der Waals surface area contributed by atoms with Crippen LogP contribution < -0.4 is 15.5 Å². The zero-order valence-electron chi connectivity index (χ0n) is 20.4. The zero-order chi connectivity index (χ0) is 23.8. The van der Waals surface area contributed by atoms with Crippen LogP contribution in [-0.4, -0.2) is 64.5 Å². The van der Waals surface area contributed by atoms with Crippen LogP contribution in [0.1, 0.15) is 65.1 Å². The normalized spacial score (nSPS) is 27.0. The number of nitrogens with one attached hydrogen (secondary N) is 2. The summed E-state index contributed by atoms with van der Waals surface area (Å²) < 4.78 is 11.1. The second-order valence-electron chi connectivity index (χ2n) is 11.0. The summed E-state index contributed by atoms with van der Waals surface area (Å²) >= 11 is 0. The van der Waals surface area contributed by atoms with Gasteiger partial charge in [-0.05, 0) is 70.8 Å². The molecule has 0 radical (unpaired) electrons. The second kappa shape index (κ2) is 8.79. The van der Waals surface area contributed by atoms with E-state index in [4.69, 9.17) is 19.2 Å². The Balaban J connectivity index is 1.24. The van der Waals surface area contributed by atoms with Gasteiger partial charge in [0.05, 0.1) is 0 Å². The average Bonchev–Trinajstić information content (AvgIpc) is 3.35. The van der Waals surface area contributed by atoms with Gasteiger partial charge in [-0.2, -0.15) is 4.98 Å². The van der Waals surface area contributed by atoms with Crippen LogP contribution in [-0.2, 0) is 10.2 Å². The lowest BCUT2D eigenvalue weighted by atomic mass is 9.53. The van der Waals surface area contributed by atoms with Gasteiger partial charge in [0.15, 0.2) is 5.82 Å². The average molecular weight is 470 g/mol. The number of rotatable bonds is 5. The number of carbonyl (C=O) groups excluding carboxylic acids is 1. The Morgan fingerprint density at radius 1 is 1.15 bits per heavy atom. The van der Waals surface area contributed by atoms with Crippen molar-refractivity contribution in [3.63, 3.8) is 0 Å². The predicted octanol–water partition coefficient (Wildman–Crippen LogP) is 3.05. The summed E-state index contributed by atoms with van der Waals surface area (Å²) in [4.78, 5) is 28.2. The summed E-state index contributed by atoms with van der Waals surface area (Å²) in [5.74, 6) is 1.95. The van der Waals surface area contributed by atoms with Crippen LogP contribution in [0.5, 0.6) is 0 Å². The number of aromatic nitrogens is 4. The monoisotopic (exact) mass is 469 g/mol. The van der Waals surface area contributed by atoms with Crippen molar-refractivity contribution in [1.82, 2.24) is 30.7 Å². The Labute approximate surface area is 200 Å². The molecule has 2 aromatic heterocycles. The molecule has 2 N–H and O–H groups in total. The third-order valence-electron chi connectivity index (χ3n) is 7.57. The number of hydrogen-bond acceptors (Lipinski definition) is 9. The molecular weight excluding hydrogens is 434 g/mol. The number of piperazine rings is 1. The van der Waals surface area contributed by atoms with E-state index in [1.165, 1.54) is 0 Å². The van der Waals surface area contributed by atoms with Gasteiger partial charge in [-0.25, -0.2) is 14.8 Å². The number of anilines is 1. The van der Waals surface area contributed by atoms with Crippen LogP contribution in [0.2, 0.25) is 0 Å². The molecule has 34 heavy (non-hydrogen) atoms. The largest absolute Gasteiger partial charge is 0.444 e. The molecule has 0 atom stereocenters. The SMILES string of the molecule is CC(C)(C)OC(=O)NCC12CCC(c3noc(-c4ccnc(N5CCNCC5)n4)n3)(CC1)CC2. The molecule has 184 valence electrons. The first-order valence-electron chi connectivity index (χ1n) is 12.4. The maximum Gasteiger partial charge on any atom is 0.407 e. The van der Waals surface area contributed by atoms with E-state index in [-0.39, 0.29) is 16.9 Å². The molecule has 10 heteroatoms. The highest BCUT2D eigenvalue weighted by Crippen LogP contribution is 2.57. The quantitative estimate of drug-likeness (QED) is 0.681. The molecule has 6 rings (SSSR count). The minimum atomic E-state index is -0.484. The van der Waals surface area contributed by atoms with Crippen molar-refractivity contribution in [2.45, 2.75) is 70.3 Å². The van der Waals surface area contributed by atoms with E-state index in [2.05, 4.69) is 25.7 Å². The minimum absolute atomic E-state index is 0.0518. The lowest BCUT2D eigenvalue weighted by molar-refractivity contribution is 0.0227. The van der Waals surface area contributed by atoms with Crippen LogP contribution in [0.3, 0.4) is 0 Å². The summed E-state index contributed by atoms with van der Waals surface area (Å²) in [6.07, 6.45) is 7.52. The first-order chi connectivity index (χ1) is 16.3. The van der Waals surface area contributed by atoms with Crippen molar-refractivity contribution >= 4 is 12.0 Å². The molecule has 3 saturated carbocycles. The predicted molar refractivity (Wildman–Crippen MR) is 126 cm³/mol. The fraction of sp³-hybridized carbons (Fsp3) is 0.708. The smallest absolute Gasteiger partial charge is 0.407 e. The van der Waals surface area contributed by atoms with E-state index < -0.39 is 5.60 Å². The fourth-order valence-electron chi connectivity index (χ4n) is 5.47. The topological polar surface area (TPSA) is 118 Å². The maximum atomic E-state index is 12.1. The van der Waals surface area contributed by atoms with E-state index in [1.807, 2.05) is 26.8 Å². The molecule has 1 aliphatic heterocycles. The van der Waals surface area contributed by atoms with E-state index in [9.17, 15) is 4.79 Å². The molecule has 3 heterocycles. The minimum Gasteiger partial charge on any atom is -0.444 e. The number of hydrogen-bond donors (Lipinski definition) is 2. The molecule has 4 aliphatic rings. The Bertz CT molecular complexity index is 1000. The van der Waals surface area contributed by atoms with Crippen LogP contribution in [0.4, 0.5) is 10.7 Å². The third-order valence-corrected chi connectivity index (χ3v) is 7.57. The van der Waals surface area contributed by atoms with Crippen LogP contribution in [0.25, 0.3) is 11.6 Å². The Hall–Kier alpha value is -2.75. The lowest BCUT2D eigenvalue weighted by Crippen LogP contribution is -2.50. The number of ether oxygens (including phenoxy) is 1. The summed E-state index contributed by atoms with van der Waals surface area (Å²) in [7, 11) is 0. The number of amides is 1. The van der Waals surface area contributed by atoms with Crippen molar-refractivity contribution in [1.29, 1.82) is 0 Å². The third kappa shape index (κ3) is 4.73. The van der Waals surface area contributed by atoms with Crippen molar-refractivity contribution in [2.24, 2.45) is 5.41 Å². The molecule has 1 amide bonds. The van der Waals surface area contributed by atoms with Crippen molar-refractivity contribution in [3.8, 4) is 11.6 Å². The molecule has 10 nitrogen and oxygen atoms in total. The first-order valence-corrected chi connectivity index (χ1v) is 12.4. The summed E-state index contributed by atoms with van der Waals surface area (Å²) in [6.45, 7) is 9.92. The van der Waals surface area contributed by atoms with Gasteiger partial charge in [0.1, 0.15) is 11.3 Å². The van der Waals surface area contributed by atoms with Gasteiger partial charge in [0, 0.05) is 44.3 Å². The molecular formula is C24H35N7O3. The fourth-order valence-corrected chi connectivity index (χ4v) is 5.47. The molecule has 2 bridgehead atoms. The summed E-state index contributed by atoms with van der Waals surface area (Å²) in [5, 5.41) is 10.8. The highest BCUT2D eigenvalue weighted by molar-refractivity contribution is 5.67. The number of carbonyl (C=O) groups is 1. The van der Waals surface area contributed by atoms with Gasteiger partial charge in [-0.15, -0.1) is 0 Å². The second-order valence-corrected chi connectivity index (χ2v) is 11.0. The van der Waals surface area contributed by atoms with Crippen molar-refractivity contribution < 1.29 is 14.1 Å². The van der Waals surface area contributed by atoms with E-state index in [0.717, 1.165) is 70.5 Å². The van der Waals surface area contributed by atoms with Gasteiger partial charge in [0.25, 0.3) is 5.89 Å². The molecule has 0 spiro atoms. The lowest BCUT2D eigenvalue weighted by Gasteiger charge is -2.52. The molecule has 4 fully saturated rings. The van der Waals surface area contributed by atoms with Crippen molar-refractivity contribution in [2.75, 3.05) is 37.6 Å². The van der Waals surface area contributed by atoms with Gasteiger partial charge < -0.3 is 24.8 Å². The highest BCUT2D eigenvalue weighted by atomic mass is 16.6. The van der Waals surface area contributed by atoms with Gasteiger partial charge in [0.2, 0.25) is 5.95 Å². The Kier molecular flexibility index (Phi) is 5.95. The Morgan fingerprint density at radius 3 is 2.53 bits per heavy atom. The zero-order valence-corrected chi connectivity index (χ0v) is 20.4. The number of alkyl carbamates (subject to hydrolysis) is 1. The van der Waals surface area contributed by atoms with Gasteiger partial charge >= 0.3 is 6.09 Å². The molecule has 0 aromatic carbocycles. The summed E-state index contributed by atoms with van der Waals surface area (Å²) in [6, 6.07) is 1.83. The Morgan fingerprint density at radius 2 is 1.85 bits per heavy atom. The van der Waals surface area contributed by atoms with Crippen LogP contribution in [0.15, 0.2) is 16.8 Å². The number of nitrogens with zero attached hydrogens (tertiary/aromatic N) is 5. The maximum absolute atomic E-state index is 12.1. The number of fused-ring (bicyclic) bond motifs is 3. The van der Waals surface area contributed by atoms with Gasteiger partial charge in [-0.1, -0.05) is 5.16 Å². The van der Waals surface area contributed by atoms with Crippen LogP contribution in [0, 0.1) is 5.41 Å². The van der Waals surface area contributed by atoms with E-state index in [0.29, 0.717) is 24.1 Å². The van der Waals surface area contributed by atoms with E-state index in [1.54, 1.807) is 6.20 Å². The van der Waals surface area contributed by atoms with Crippen LogP contribution >= 0.6 is 0 Å². The first kappa shape index (κ1) is 23.0. The van der Waals surface area contributed by atoms with Gasteiger partial charge in [-0.3, -0.25) is 0 Å². The highest BCUT2D eigenvalue weighted by Gasteiger charge is 2.51.